The minimum Gasteiger partial charge on any atom is -0.547 e. The molecule has 4 heterocycles. The molecule has 292 valence electrons. The molecule has 8 N–H and O–H groups in total. The van der Waals surface area contributed by atoms with Crippen molar-refractivity contribution in [2.24, 2.45) is 0 Å². The summed E-state index contributed by atoms with van der Waals surface area (Å²) in [4.78, 5) is 47.2. The molecule has 0 saturated carbocycles. The third kappa shape index (κ3) is 8.09. The van der Waals surface area contributed by atoms with Gasteiger partial charge in [0.2, 0.25) is 0 Å². The predicted molar refractivity (Wildman–Crippen MR) is 135 cm³/mol. The van der Waals surface area contributed by atoms with Crippen molar-refractivity contribution in [3.63, 3.8) is 0 Å². The van der Waals surface area contributed by atoms with E-state index in [2.05, 4.69) is 0 Å². The second kappa shape index (κ2) is 16.5. The summed E-state index contributed by atoms with van der Waals surface area (Å²) in [5.74, 6) is -8.42. The Balaban J connectivity index is 1.51. The topological polar surface area (TPSA) is 405 Å². The number of methoxy groups -OCH3 is 2. The van der Waals surface area contributed by atoms with Gasteiger partial charge in [-0.1, -0.05) is 0 Å². The highest BCUT2D eigenvalue weighted by molar-refractivity contribution is 5.72. The number of ether oxygens (including phenoxy) is 9. The van der Waals surface area contributed by atoms with Crippen LogP contribution in [0.3, 0.4) is 0 Å². The molecular weight excluding hydrogens is 712 g/mol. The highest BCUT2D eigenvalue weighted by Gasteiger charge is 2.56. The minimum absolute atomic E-state index is 0.957. The van der Waals surface area contributed by atoms with Gasteiger partial charge in [-0.05, 0) is 0 Å². The maximum absolute atomic E-state index is 12.0. The molecule has 0 aromatic carbocycles. The SMILES string of the molecule is CO[C@@H]1O[C@@H](C(=O)[O-])[C@@H](O[C@@H]2OC(C(=O)[O-])[C@@H](O[C@@H]3O[C@@H](C(=O)[O-])[C@@H](O[C@@H]4OC(C(=O)[O-])[C@@H](OC)[C@@H](O)C4O)C(O)C3O)[C@H](O)C2O)C(O)C1O. The molecular formula is C26H34O25-4. The van der Waals surface area contributed by atoms with Crippen LogP contribution in [0, 0.1) is 0 Å². The van der Waals surface area contributed by atoms with E-state index < -0.39 is 147 Å². The molecule has 0 bridgehead atoms. The summed E-state index contributed by atoms with van der Waals surface area (Å²) >= 11 is 0. The van der Waals surface area contributed by atoms with E-state index in [1.165, 1.54) is 0 Å². The average molecular weight is 747 g/mol. The first kappa shape index (κ1) is 41.0. The van der Waals surface area contributed by atoms with Crippen LogP contribution in [0.15, 0.2) is 0 Å². The van der Waals surface area contributed by atoms with Gasteiger partial charge in [0.05, 0.1) is 23.9 Å². The molecule has 20 atom stereocenters. The van der Waals surface area contributed by atoms with Crippen LogP contribution < -0.4 is 20.4 Å². The van der Waals surface area contributed by atoms with Crippen molar-refractivity contribution in [1.29, 1.82) is 0 Å². The Bertz CT molecular complexity index is 1250. The molecule has 0 amide bonds. The smallest absolute Gasteiger partial charge is 0.187 e. The maximum atomic E-state index is 12.0. The molecule has 0 aromatic heterocycles. The Kier molecular flexibility index (Phi) is 13.2. The summed E-state index contributed by atoms with van der Waals surface area (Å²) in [5, 5.41) is 132. The van der Waals surface area contributed by atoms with Crippen molar-refractivity contribution in [1.82, 2.24) is 0 Å². The van der Waals surface area contributed by atoms with Gasteiger partial charge in [0, 0.05) is 14.2 Å². The summed E-state index contributed by atoms with van der Waals surface area (Å²) in [6.07, 6.45) is -44.8. The van der Waals surface area contributed by atoms with Gasteiger partial charge >= 0.3 is 0 Å². The quantitative estimate of drug-likeness (QED) is 0.0918. The summed E-state index contributed by atoms with van der Waals surface area (Å²) in [5.41, 5.74) is 0. The molecule has 25 nitrogen and oxygen atoms in total. The van der Waals surface area contributed by atoms with Gasteiger partial charge in [0.1, 0.15) is 97.7 Å². The molecule has 4 rings (SSSR count). The number of carbonyl (C=O) groups is 4. The number of aliphatic hydroxyl groups excluding tert-OH is 8. The largest absolute Gasteiger partial charge is 0.547 e. The number of carbonyl (C=O) groups excluding carboxylic acids is 4. The number of hydrogen-bond donors (Lipinski definition) is 8. The molecule has 0 aliphatic carbocycles. The van der Waals surface area contributed by atoms with Gasteiger partial charge < -0.3 is 123 Å². The Morgan fingerprint density at radius 3 is 0.882 bits per heavy atom. The lowest BCUT2D eigenvalue weighted by molar-refractivity contribution is -0.402. The first-order chi connectivity index (χ1) is 23.9. The predicted octanol–water partition coefficient (Wildman–Crippen LogP) is -13.4. The summed E-state index contributed by atoms with van der Waals surface area (Å²) < 4.78 is 45.3. The van der Waals surface area contributed by atoms with Crippen molar-refractivity contribution >= 4 is 23.9 Å². The highest BCUT2D eigenvalue weighted by Crippen LogP contribution is 2.34. The van der Waals surface area contributed by atoms with Gasteiger partial charge in [-0.15, -0.1) is 0 Å². The monoisotopic (exact) mass is 746 g/mol. The van der Waals surface area contributed by atoms with E-state index in [9.17, 15) is 80.5 Å². The zero-order valence-electron chi connectivity index (χ0n) is 26.1. The number of carboxylic acid groups (broad SMARTS) is 4. The van der Waals surface area contributed by atoms with Gasteiger partial charge in [0.15, 0.2) is 25.2 Å². The van der Waals surface area contributed by atoms with Crippen LogP contribution in [0.5, 0.6) is 0 Å². The third-order valence-corrected chi connectivity index (χ3v) is 8.49. The van der Waals surface area contributed by atoms with Gasteiger partial charge in [-0.3, -0.25) is 0 Å². The van der Waals surface area contributed by atoms with Crippen LogP contribution in [0.25, 0.3) is 0 Å². The zero-order chi connectivity index (χ0) is 38.2. The lowest BCUT2D eigenvalue weighted by atomic mass is 9.95. The van der Waals surface area contributed by atoms with Crippen LogP contribution in [0.1, 0.15) is 0 Å². The lowest BCUT2D eigenvalue weighted by Crippen LogP contribution is -2.70. The highest BCUT2D eigenvalue weighted by atomic mass is 16.8. The van der Waals surface area contributed by atoms with Crippen molar-refractivity contribution in [2.75, 3.05) is 14.2 Å². The van der Waals surface area contributed by atoms with E-state index in [4.69, 9.17) is 42.6 Å². The first-order valence-electron chi connectivity index (χ1n) is 14.8. The Labute approximate surface area is 284 Å². The molecule has 4 fully saturated rings. The fourth-order valence-corrected chi connectivity index (χ4v) is 5.82. The van der Waals surface area contributed by atoms with E-state index >= 15 is 0 Å². The fraction of sp³-hybridized carbons (Fsp3) is 0.846. The normalized spacial score (nSPS) is 47.7. The number of carboxylic acids is 4. The molecule has 0 radical (unpaired) electrons. The van der Waals surface area contributed by atoms with Crippen molar-refractivity contribution in [3.05, 3.63) is 0 Å². The van der Waals surface area contributed by atoms with Gasteiger partial charge in [-0.25, -0.2) is 0 Å². The number of rotatable bonds is 12. The standard InChI is InChI=1S/C26H38O25/c1-43-11-3(27)8(32)24(49-15(11)19(35)36)46-13-5(29)10(34)26(51-17(13)21(39)40)47-14-6(30)9(33)25(50-18(14)22(41)42)45-12-4(28)7(31)23(44-2)48-16(12)20(37)38/h3-18,23-34H,1-2H3,(H,35,36)(H,37,38)(H,39,40)(H,41,42)/p-4/t3-,4?,5?,6+,7?,8?,9?,10?,11-,12-,13-,14-,15?,16+,17+,18?,23+,24+,25+,26+/m0/s1. The fourth-order valence-electron chi connectivity index (χ4n) is 5.82. The van der Waals surface area contributed by atoms with Crippen LogP contribution >= 0.6 is 0 Å². The number of hydrogen-bond acceptors (Lipinski definition) is 25. The third-order valence-electron chi connectivity index (χ3n) is 8.49. The molecule has 4 aliphatic heterocycles. The molecule has 4 saturated heterocycles. The van der Waals surface area contributed by atoms with Crippen LogP contribution in [-0.2, 0) is 61.8 Å². The summed E-state index contributed by atoms with van der Waals surface area (Å²) in [6.45, 7) is 0. The Morgan fingerprint density at radius 2 is 0.627 bits per heavy atom. The van der Waals surface area contributed by atoms with Gasteiger partial charge in [-0.2, -0.15) is 0 Å². The molecule has 51 heavy (non-hydrogen) atoms. The van der Waals surface area contributed by atoms with Crippen LogP contribution in [0.4, 0.5) is 0 Å². The molecule has 0 aromatic rings. The van der Waals surface area contributed by atoms with Crippen molar-refractivity contribution in [3.8, 4) is 0 Å². The Hall–Kier alpha value is -2.80. The lowest BCUT2D eigenvalue weighted by Gasteiger charge is -2.49. The van der Waals surface area contributed by atoms with Crippen molar-refractivity contribution < 1.29 is 123 Å². The molecule has 4 aliphatic rings. The second-order valence-electron chi connectivity index (χ2n) is 11.6. The molecule has 25 heteroatoms. The zero-order valence-corrected chi connectivity index (χ0v) is 26.1. The minimum atomic E-state index is -2.54. The number of aliphatic hydroxyl groups is 8. The van der Waals surface area contributed by atoms with E-state index in [1.807, 2.05) is 0 Å². The van der Waals surface area contributed by atoms with E-state index in [-0.39, 0.29) is 0 Å². The van der Waals surface area contributed by atoms with Gasteiger partial charge in [0.25, 0.3) is 0 Å². The average Bonchev–Trinajstić information content (AvgIpc) is 3.07. The summed E-state index contributed by atoms with van der Waals surface area (Å²) in [7, 11) is 1.95. The number of aliphatic carboxylic acids is 4. The van der Waals surface area contributed by atoms with E-state index in [0.717, 1.165) is 14.2 Å². The second-order valence-corrected chi connectivity index (χ2v) is 11.6. The van der Waals surface area contributed by atoms with Crippen LogP contribution in [-0.4, -0.2) is 202 Å². The van der Waals surface area contributed by atoms with Crippen molar-refractivity contribution in [2.45, 2.75) is 123 Å². The van der Waals surface area contributed by atoms with E-state index in [1.54, 1.807) is 0 Å². The molecule has 0 spiro atoms. The van der Waals surface area contributed by atoms with E-state index in [0.29, 0.717) is 0 Å². The molecule has 8 unspecified atom stereocenters. The van der Waals surface area contributed by atoms with Crippen LogP contribution in [0.2, 0.25) is 0 Å². The Morgan fingerprint density at radius 1 is 0.392 bits per heavy atom. The maximum Gasteiger partial charge on any atom is 0.187 e. The first-order valence-corrected chi connectivity index (χ1v) is 14.8. The summed E-state index contributed by atoms with van der Waals surface area (Å²) in [6, 6.07) is 0.